The van der Waals surface area contributed by atoms with E-state index in [0.29, 0.717) is 5.92 Å². The van der Waals surface area contributed by atoms with Gasteiger partial charge in [0.2, 0.25) is 0 Å². The lowest BCUT2D eigenvalue weighted by molar-refractivity contribution is 0.445. The number of piperidine rings is 1. The molecule has 100 valence electrons. The molecule has 1 N–H and O–H groups in total. The Morgan fingerprint density at radius 3 is 2.72 bits per heavy atom. The van der Waals surface area contributed by atoms with Crippen LogP contribution in [0.15, 0.2) is 18.5 Å². The summed E-state index contributed by atoms with van der Waals surface area (Å²) in [6.07, 6.45) is 6.18. The second-order valence-corrected chi connectivity index (χ2v) is 4.45. The van der Waals surface area contributed by atoms with E-state index in [9.17, 15) is 0 Å². The third kappa shape index (κ3) is 2.60. The second kappa shape index (κ2) is 6.36. The van der Waals surface area contributed by atoms with Crippen molar-refractivity contribution in [3.63, 3.8) is 0 Å². The fraction of sp³-hybridized carbons (Fsp3) is 0.500. The molecule has 0 aromatic carbocycles. The van der Waals surface area contributed by atoms with Crippen LogP contribution in [0.4, 0.5) is 0 Å². The Morgan fingerprint density at radius 2 is 2.00 bits per heavy atom. The van der Waals surface area contributed by atoms with Gasteiger partial charge in [-0.05, 0) is 38.4 Å². The predicted octanol–water partition coefficient (Wildman–Crippen LogP) is 2.35. The number of nitrogens with zero attached hydrogens (tertiary/aromatic N) is 3. The van der Waals surface area contributed by atoms with Crippen molar-refractivity contribution in [3.8, 4) is 0 Å². The van der Waals surface area contributed by atoms with Gasteiger partial charge in [0.25, 0.3) is 0 Å². The SMILES string of the molecule is Cc1cnc2ccnn2c1C1CCNCC1.Cl.Cl. The Bertz CT molecular complexity index is 506. The molecule has 4 nitrogen and oxygen atoms in total. The topological polar surface area (TPSA) is 42.2 Å². The van der Waals surface area contributed by atoms with Gasteiger partial charge < -0.3 is 5.32 Å². The van der Waals surface area contributed by atoms with Gasteiger partial charge in [0.05, 0.1) is 11.9 Å². The van der Waals surface area contributed by atoms with Crippen LogP contribution in [-0.4, -0.2) is 27.7 Å². The molecule has 0 saturated carbocycles. The first-order chi connectivity index (χ1) is 7.86. The van der Waals surface area contributed by atoms with E-state index in [1.54, 1.807) is 0 Å². The van der Waals surface area contributed by atoms with Gasteiger partial charge in [-0.1, -0.05) is 0 Å². The highest BCUT2D eigenvalue weighted by atomic mass is 35.5. The lowest BCUT2D eigenvalue weighted by atomic mass is 9.92. The number of hydrogen-bond acceptors (Lipinski definition) is 3. The standard InChI is InChI=1S/C12H16N4.2ClH/c1-9-8-14-11-4-7-15-16(11)12(9)10-2-5-13-6-3-10;;/h4,7-8,10,13H,2-3,5-6H2,1H3;2*1H. The lowest BCUT2D eigenvalue weighted by Crippen LogP contribution is -2.28. The fourth-order valence-corrected chi connectivity index (χ4v) is 2.57. The molecule has 0 aliphatic carbocycles. The summed E-state index contributed by atoms with van der Waals surface area (Å²) in [5.41, 5.74) is 3.55. The molecule has 1 aliphatic heterocycles. The largest absolute Gasteiger partial charge is 0.317 e. The highest BCUT2D eigenvalue weighted by molar-refractivity contribution is 5.85. The smallest absolute Gasteiger partial charge is 0.155 e. The van der Waals surface area contributed by atoms with Gasteiger partial charge in [0.1, 0.15) is 0 Å². The predicted molar refractivity (Wildman–Crippen MR) is 77.1 cm³/mol. The van der Waals surface area contributed by atoms with Crippen LogP contribution in [0, 0.1) is 6.92 Å². The number of nitrogens with one attached hydrogen (secondary N) is 1. The van der Waals surface area contributed by atoms with E-state index < -0.39 is 0 Å². The van der Waals surface area contributed by atoms with Gasteiger partial charge in [-0.15, -0.1) is 24.8 Å². The lowest BCUT2D eigenvalue weighted by Gasteiger charge is -2.24. The molecule has 1 saturated heterocycles. The van der Waals surface area contributed by atoms with E-state index in [-0.39, 0.29) is 24.8 Å². The Labute approximate surface area is 119 Å². The molecule has 18 heavy (non-hydrogen) atoms. The van der Waals surface area contributed by atoms with Gasteiger partial charge in [-0.25, -0.2) is 9.50 Å². The van der Waals surface area contributed by atoms with Crippen molar-refractivity contribution < 1.29 is 0 Å². The second-order valence-electron chi connectivity index (χ2n) is 4.45. The highest BCUT2D eigenvalue weighted by Gasteiger charge is 2.20. The summed E-state index contributed by atoms with van der Waals surface area (Å²) in [5.74, 6) is 0.617. The molecule has 1 aliphatic rings. The number of aryl methyl sites for hydroxylation is 1. The van der Waals surface area contributed by atoms with Gasteiger partial charge >= 0.3 is 0 Å². The van der Waals surface area contributed by atoms with Crippen molar-refractivity contribution in [1.82, 2.24) is 19.9 Å². The van der Waals surface area contributed by atoms with Crippen molar-refractivity contribution in [1.29, 1.82) is 0 Å². The van der Waals surface area contributed by atoms with Crippen LogP contribution in [0.1, 0.15) is 30.0 Å². The molecule has 3 rings (SSSR count). The van der Waals surface area contributed by atoms with Crippen LogP contribution in [0.5, 0.6) is 0 Å². The molecule has 2 aromatic heterocycles. The summed E-state index contributed by atoms with van der Waals surface area (Å²) in [6, 6.07) is 1.96. The van der Waals surface area contributed by atoms with E-state index in [1.807, 2.05) is 23.0 Å². The average molecular weight is 289 g/mol. The number of fused-ring (bicyclic) bond motifs is 1. The minimum atomic E-state index is 0. The number of rotatable bonds is 1. The monoisotopic (exact) mass is 288 g/mol. The Balaban J connectivity index is 0.000000810. The zero-order valence-corrected chi connectivity index (χ0v) is 11.9. The molecular formula is C12H18Cl2N4. The molecule has 1 fully saturated rings. The van der Waals surface area contributed by atoms with Gasteiger partial charge in [0, 0.05) is 18.2 Å². The zero-order valence-electron chi connectivity index (χ0n) is 10.3. The van der Waals surface area contributed by atoms with Crippen molar-refractivity contribution in [2.75, 3.05) is 13.1 Å². The number of halogens is 2. The number of aromatic nitrogens is 3. The van der Waals surface area contributed by atoms with Crippen molar-refractivity contribution >= 4 is 30.5 Å². The molecule has 0 unspecified atom stereocenters. The summed E-state index contributed by atoms with van der Waals surface area (Å²) >= 11 is 0. The Morgan fingerprint density at radius 1 is 1.28 bits per heavy atom. The maximum atomic E-state index is 4.39. The van der Waals surface area contributed by atoms with Crippen molar-refractivity contribution in [3.05, 3.63) is 29.7 Å². The molecule has 0 amide bonds. The third-order valence-electron chi connectivity index (χ3n) is 3.37. The van der Waals surface area contributed by atoms with Crippen LogP contribution < -0.4 is 5.32 Å². The van der Waals surface area contributed by atoms with E-state index in [4.69, 9.17) is 0 Å². The average Bonchev–Trinajstić information content (AvgIpc) is 2.78. The quantitative estimate of drug-likeness (QED) is 0.876. The van der Waals surface area contributed by atoms with E-state index in [0.717, 1.165) is 18.7 Å². The third-order valence-corrected chi connectivity index (χ3v) is 3.37. The summed E-state index contributed by atoms with van der Waals surface area (Å²) in [6.45, 7) is 4.34. The first-order valence-electron chi connectivity index (χ1n) is 5.86. The van der Waals surface area contributed by atoms with E-state index in [2.05, 4.69) is 22.3 Å². The van der Waals surface area contributed by atoms with Crippen molar-refractivity contribution in [2.24, 2.45) is 0 Å². The summed E-state index contributed by atoms with van der Waals surface area (Å²) in [4.78, 5) is 4.38. The summed E-state index contributed by atoms with van der Waals surface area (Å²) < 4.78 is 2.01. The molecule has 0 atom stereocenters. The maximum Gasteiger partial charge on any atom is 0.155 e. The van der Waals surface area contributed by atoms with Gasteiger partial charge in [-0.2, -0.15) is 5.10 Å². The Kier molecular flexibility index (Phi) is 5.38. The van der Waals surface area contributed by atoms with Crippen LogP contribution in [0.2, 0.25) is 0 Å². The van der Waals surface area contributed by atoms with Crippen LogP contribution in [0.3, 0.4) is 0 Å². The van der Waals surface area contributed by atoms with Crippen LogP contribution in [0.25, 0.3) is 5.65 Å². The fourth-order valence-electron chi connectivity index (χ4n) is 2.57. The molecule has 0 radical (unpaired) electrons. The number of hydrogen-bond donors (Lipinski definition) is 1. The Hall–Kier alpha value is -0.840. The molecule has 0 spiro atoms. The minimum absolute atomic E-state index is 0. The molecule has 0 bridgehead atoms. The first kappa shape index (κ1) is 15.2. The van der Waals surface area contributed by atoms with Gasteiger partial charge in [0.15, 0.2) is 5.65 Å². The normalized spacial score (nSPS) is 16.1. The van der Waals surface area contributed by atoms with Gasteiger partial charge in [-0.3, -0.25) is 0 Å². The summed E-state index contributed by atoms with van der Waals surface area (Å²) in [5, 5.41) is 7.79. The van der Waals surface area contributed by atoms with Crippen LogP contribution in [-0.2, 0) is 0 Å². The highest BCUT2D eigenvalue weighted by Crippen LogP contribution is 2.27. The first-order valence-corrected chi connectivity index (χ1v) is 5.86. The zero-order chi connectivity index (χ0) is 11.0. The minimum Gasteiger partial charge on any atom is -0.317 e. The molecule has 6 heteroatoms. The van der Waals surface area contributed by atoms with E-state index >= 15 is 0 Å². The van der Waals surface area contributed by atoms with Crippen molar-refractivity contribution in [2.45, 2.75) is 25.7 Å². The van der Waals surface area contributed by atoms with Crippen LogP contribution >= 0.6 is 24.8 Å². The molecular weight excluding hydrogens is 271 g/mol. The molecule has 3 heterocycles. The maximum absolute atomic E-state index is 4.39. The van der Waals surface area contributed by atoms with E-state index in [1.165, 1.54) is 24.1 Å². The molecule has 2 aromatic rings. The summed E-state index contributed by atoms with van der Waals surface area (Å²) in [7, 11) is 0.